The molecule has 0 aliphatic carbocycles. The Hall–Kier alpha value is -1.75. The SMILES string of the molecule is CCNC(=NCCCOCC)NCCc1ccc(OC)cc1. The van der Waals surface area contributed by atoms with E-state index in [1.165, 1.54) is 5.56 Å². The van der Waals surface area contributed by atoms with Gasteiger partial charge in [0.2, 0.25) is 0 Å². The van der Waals surface area contributed by atoms with Crippen molar-refractivity contribution in [2.24, 2.45) is 4.99 Å². The predicted molar refractivity (Wildman–Crippen MR) is 91.8 cm³/mol. The molecule has 0 unspecified atom stereocenters. The molecule has 0 fully saturated rings. The monoisotopic (exact) mass is 307 g/mol. The average molecular weight is 307 g/mol. The van der Waals surface area contributed by atoms with E-state index in [1.54, 1.807) is 7.11 Å². The molecule has 2 N–H and O–H groups in total. The molecule has 5 nitrogen and oxygen atoms in total. The van der Waals surface area contributed by atoms with E-state index in [2.05, 4.69) is 34.7 Å². The number of benzene rings is 1. The van der Waals surface area contributed by atoms with Crippen molar-refractivity contribution in [3.8, 4) is 5.75 Å². The fraction of sp³-hybridized carbons (Fsp3) is 0.588. The molecule has 0 amide bonds. The molecule has 5 heteroatoms. The second kappa shape index (κ2) is 11.9. The maximum atomic E-state index is 5.31. The minimum atomic E-state index is 0.768. The van der Waals surface area contributed by atoms with Crippen LogP contribution in [0.5, 0.6) is 5.75 Å². The molecule has 1 aromatic carbocycles. The molecule has 0 atom stereocenters. The molecule has 124 valence electrons. The zero-order valence-electron chi connectivity index (χ0n) is 14.0. The van der Waals surface area contributed by atoms with Crippen LogP contribution in [0.15, 0.2) is 29.3 Å². The standard InChI is InChI=1S/C17H29N3O2/c1-4-18-17(19-12-6-14-22-5-2)20-13-11-15-7-9-16(21-3)10-8-15/h7-10H,4-6,11-14H2,1-3H3,(H2,18,19,20). The normalized spacial score (nSPS) is 11.3. The van der Waals surface area contributed by atoms with Crippen molar-refractivity contribution in [3.63, 3.8) is 0 Å². The number of ether oxygens (including phenoxy) is 2. The lowest BCUT2D eigenvalue weighted by molar-refractivity contribution is 0.146. The molecule has 0 aromatic heterocycles. The fourth-order valence-corrected chi connectivity index (χ4v) is 1.96. The molecule has 1 rings (SSSR count). The molecule has 0 saturated carbocycles. The van der Waals surface area contributed by atoms with Crippen LogP contribution in [0.4, 0.5) is 0 Å². The minimum absolute atomic E-state index is 0.768. The van der Waals surface area contributed by atoms with Crippen LogP contribution in [0.3, 0.4) is 0 Å². The topological polar surface area (TPSA) is 54.9 Å². The number of nitrogens with one attached hydrogen (secondary N) is 2. The maximum Gasteiger partial charge on any atom is 0.191 e. The van der Waals surface area contributed by atoms with E-state index in [0.717, 1.165) is 57.4 Å². The average Bonchev–Trinajstić information content (AvgIpc) is 2.55. The van der Waals surface area contributed by atoms with Crippen LogP contribution in [0, 0.1) is 0 Å². The number of hydrogen-bond donors (Lipinski definition) is 2. The first-order valence-corrected chi connectivity index (χ1v) is 8.03. The van der Waals surface area contributed by atoms with Crippen molar-refractivity contribution in [3.05, 3.63) is 29.8 Å². The van der Waals surface area contributed by atoms with Crippen molar-refractivity contribution in [1.82, 2.24) is 10.6 Å². The number of guanidine groups is 1. The van der Waals surface area contributed by atoms with Gasteiger partial charge in [-0.1, -0.05) is 12.1 Å². The fourth-order valence-electron chi connectivity index (χ4n) is 1.96. The smallest absolute Gasteiger partial charge is 0.191 e. The number of rotatable bonds is 10. The van der Waals surface area contributed by atoms with Crippen molar-refractivity contribution in [1.29, 1.82) is 0 Å². The summed E-state index contributed by atoms with van der Waals surface area (Å²) in [4.78, 5) is 4.54. The van der Waals surface area contributed by atoms with E-state index in [1.807, 2.05) is 19.1 Å². The molecule has 0 aliphatic heterocycles. The summed E-state index contributed by atoms with van der Waals surface area (Å²) in [6, 6.07) is 8.16. The van der Waals surface area contributed by atoms with Crippen LogP contribution in [0.25, 0.3) is 0 Å². The van der Waals surface area contributed by atoms with Crippen LogP contribution < -0.4 is 15.4 Å². The van der Waals surface area contributed by atoms with E-state index in [0.29, 0.717) is 0 Å². The summed E-state index contributed by atoms with van der Waals surface area (Å²) >= 11 is 0. The Morgan fingerprint density at radius 2 is 1.91 bits per heavy atom. The van der Waals surface area contributed by atoms with E-state index in [9.17, 15) is 0 Å². The van der Waals surface area contributed by atoms with Gasteiger partial charge in [0, 0.05) is 32.8 Å². The van der Waals surface area contributed by atoms with Gasteiger partial charge in [0.15, 0.2) is 5.96 Å². The lowest BCUT2D eigenvalue weighted by Gasteiger charge is -2.11. The number of nitrogens with zero attached hydrogens (tertiary/aromatic N) is 1. The van der Waals surface area contributed by atoms with Crippen LogP contribution in [-0.4, -0.2) is 45.9 Å². The Balaban J connectivity index is 2.31. The molecule has 0 bridgehead atoms. The van der Waals surface area contributed by atoms with Crippen molar-refractivity contribution in [2.75, 3.05) is 40.0 Å². The van der Waals surface area contributed by atoms with E-state index >= 15 is 0 Å². The van der Waals surface area contributed by atoms with Gasteiger partial charge >= 0.3 is 0 Å². The maximum absolute atomic E-state index is 5.31. The third-order valence-electron chi connectivity index (χ3n) is 3.13. The lowest BCUT2D eigenvalue weighted by Crippen LogP contribution is -2.38. The zero-order valence-corrected chi connectivity index (χ0v) is 14.0. The first-order chi connectivity index (χ1) is 10.8. The van der Waals surface area contributed by atoms with Crippen molar-refractivity contribution in [2.45, 2.75) is 26.7 Å². The largest absolute Gasteiger partial charge is 0.497 e. The Morgan fingerprint density at radius 3 is 2.55 bits per heavy atom. The highest BCUT2D eigenvalue weighted by molar-refractivity contribution is 5.79. The Labute approximate surface area is 134 Å². The number of methoxy groups -OCH3 is 1. The molecule has 0 aliphatic rings. The first-order valence-electron chi connectivity index (χ1n) is 8.03. The van der Waals surface area contributed by atoms with E-state index in [4.69, 9.17) is 9.47 Å². The van der Waals surface area contributed by atoms with Gasteiger partial charge in [-0.2, -0.15) is 0 Å². The minimum Gasteiger partial charge on any atom is -0.497 e. The van der Waals surface area contributed by atoms with Gasteiger partial charge in [-0.05, 0) is 44.4 Å². The van der Waals surface area contributed by atoms with Gasteiger partial charge in [0.05, 0.1) is 7.11 Å². The summed E-state index contributed by atoms with van der Waals surface area (Å²) in [5.74, 6) is 1.76. The Morgan fingerprint density at radius 1 is 1.14 bits per heavy atom. The second-order valence-corrected chi connectivity index (χ2v) is 4.84. The second-order valence-electron chi connectivity index (χ2n) is 4.84. The highest BCUT2D eigenvalue weighted by Gasteiger charge is 1.98. The predicted octanol–water partition coefficient (Wildman–Crippen LogP) is 2.22. The molecule has 22 heavy (non-hydrogen) atoms. The van der Waals surface area contributed by atoms with Gasteiger partial charge in [0.25, 0.3) is 0 Å². The zero-order chi connectivity index (χ0) is 16.0. The van der Waals surface area contributed by atoms with E-state index < -0.39 is 0 Å². The van der Waals surface area contributed by atoms with Crippen LogP contribution >= 0.6 is 0 Å². The molecule has 0 heterocycles. The summed E-state index contributed by atoms with van der Waals surface area (Å²) in [6.45, 7) is 8.10. The van der Waals surface area contributed by atoms with Gasteiger partial charge < -0.3 is 20.1 Å². The number of hydrogen-bond acceptors (Lipinski definition) is 3. The lowest BCUT2D eigenvalue weighted by atomic mass is 10.1. The quantitative estimate of drug-likeness (QED) is 0.395. The first kappa shape index (κ1) is 18.3. The van der Waals surface area contributed by atoms with Crippen molar-refractivity contribution < 1.29 is 9.47 Å². The molecule has 0 saturated heterocycles. The summed E-state index contributed by atoms with van der Waals surface area (Å²) in [7, 11) is 1.68. The third kappa shape index (κ3) is 7.88. The van der Waals surface area contributed by atoms with Gasteiger partial charge in [-0.15, -0.1) is 0 Å². The molecule has 0 spiro atoms. The van der Waals surface area contributed by atoms with Gasteiger partial charge in [-0.3, -0.25) is 4.99 Å². The van der Waals surface area contributed by atoms with Gasteiger partial charge in [-0.25, -0.2) is 0 Å². The molecule has 1 aromatic rings. The summed E-state index contributed by atoms with van der Waals surface area (Å²) in [6.07, 6.45) is 1.90. The Kier molecular flexibility index (Phi) is 9.87. The number of aliphatic imine (C=N–C) groups is 1. The summed E-state index contributed by atoms with van der Waals surface area (Å²) < 4.78 is 10.5. The van der Waals surface area contributed by atoms with Crippen LogP contribution in [0.1, 0.15) is 25.8 Å². The molecule has 0 radical (unpaired) electrons. The molecular weight excluding hydrogens is 278 g/mol. The van der Waals surface area contributed by atoms with Crippen LogP contribution in [-0.2, 0) is 11.2 Å². The Bertz CT molecular complexity index is 418. The summed E-state index contributed by atoms with van der Waals surface area (Å²) in [5, 5.41) is 6.61. The molecular formula is C17H29N3O2. The third-order valence-corrected chi connectivity index (χ3v) is 3.13. The van der Waals surface area contributed by atoms with Crippen molar-refractivity contribution >= 4 is 5.96 Å². The van der Waals surface area contributed by atoms with E-state index in [-0.39, 0.29) is 0 Å². The van der Waals surface area contributed by atoms with Gasteiger partial charge in [0.1, 0.15) is 5.75 Å². The van der Waals surface area contributed by atoms with Crippen LogP contribution in [0.2, 0.25) is 0 Å². The highest BCUT2D eigenvalue weighted by atomic mass is 16.5. The highest BCUT2D eigenvalue weighted by Crippen LogP contribution is 2.11. The summed E-state index contributed by atoms with van der Waals surface area (Å²) in [5.41, 5.74) is 1.28.